The molecule has 0 spiro atoms. The molecular weight excluding hydrogens is 236 g/mol. The second-order valence-corrected chi connectivity index (χ2v) is 4.10. The van der Waals surface area contributed by atoms with Crippen LogP contribution in [0.15, 0.2) is 48.5 Å². The van der Waals surface area contributed by atoms with Crippen LogP contribution in [-0.4, -0.2) is 5.91 Å². The maximum absolute atomic E-state index is 11.3. The average molecular weight is 250 g/mol. The van der Waals surface area contributed by atoms with Crippen molar-refractivity contribution in [3.63, 3.8) is 0 Å². The van der Waals surface area contributed by atoms with Gasteiger partial charge in [0.2, 0.25) is 5.91 Å². The van der Waals surface area contributed by atoms with Crippen LogP contribution in [0, 0.1) is 12.3 Å². The Morgan fingerprint density at radius 2 is 2.00 bits per heavy atom. The van der Waals surface area contributed by atoms with Crippen LogP contribution < -0.4 is 11.1 Å². The largest absolute Gasteiger partial charge is 0.381 e. The molecule has 0 unspecified atom stereocenters. The number of nitrogens with one attached hydrogen (secondary N) is 1. The first-order valence-corrected chi connectivity index (χ1v) is 5.89. The molecule has 0 aliphatic heterocycles. The molecule has 3 heteroatoms. The summed E-state index contributed by atoms with van der Waals surface area (Å²) >= 11 is 0. The van der Waals surface area contributed by atoms with Crippen LogP contribution in [0.25, 0.3) is 0 Å². The van der Waals surface area contributed by atoms with Gasteiger partial charge in [0.25, 0.3) is 0 Å². The van der Waals surface area contributed by atoms with Gasteiger partial charge in [0.05, 0.1) is 0 Å². The number of terminal acetylenes is 1. The minimum absolute atomic E-state index is 0.422. The second-order valence-electron chi connectivity index (χ2n) is 4.10. The molecule has 0 atom stereocenters. The van der Waals surface area contributed by atoms with E-state index in [-0.39, 0.29) is 0 Å². The van der Waals surface area contributed by atoms with Gasteiger partial charge in [-0.2, -0.15) is 0 Å². The molecule has 2 rings (SSSR count). The van der Waals surface area contributed by atoms with Crippen molar-refractivity contribution < 1.29 is 4.79 Å². The van der Waals surface area contributed by atoms with E-state index in [1.807, 2.05) is 36.4 Å². The molecule has 2 aromatic rings. The summed E-state index contributed by atoms with van der Waals surface area (Å²) in [5.41, 5.74) is 8.45. The zero-order valence-electron chi connectivity index (χ0n) is 10.4. The summed E-state index contributed by atoms with van der Waals surface area (Å²) < 4.78 is 0. The third-order valence-corrected chi connectivity index (χ3v) is 2.80. The molecule has 0 aromatic heterocycles. The molecule has 0 heterocycles. The van der Waals surface area contributed by atoms with E-state index < -0.39 is 5.91 Å². The van der Waals surface area contributed by atoms with Gasteiger partial charge in [-0.05, 0) is 29.8 Å². The number of carbonyl (C=O) groups is 1. The molecule has 94 valence electrons. The predicted octanol–water partition coefficient (Wildman–Crippen LogP) is 2.38. The summed E-state index contributed by atoms with van der Waals surface area (Å²) in [5.74, 6) is 2.16. The minimum Gasteiger partial charge on any atom is -0.381 e. The van der Waals surface area contributed by atoms with Gasteiger partial charge in [0.1, 0.15) is 0 Å². The number of anilines is 1. The van der Waals surface area contributed by atoms with Gasteiger partial charge in [-0.1, -0.05) is 30.2 Å². The lowest BCUT2D eigenvalue weighted by Crippen LogP contribution is -2.15. The summed E-state index contributed by atoms with van der Waals surface area (Å²) in [6.45, 7) is 0.521. The molecule has 2 aromatic carbocycles. The summed E-state index contributed by atoms with van der Waals surface area (Å²) in [5, 5.41) is 3.23. The van der Waals surface area contributed by atoms with E-state index in [0.717, 1.165) is 16.8 Å². The van der Waals surface area contributed by atoms with Crippen LogP contribution in [0.4, 0.5) is 5.69 Å². The first-order valence-electron chi connectivity index (χ1n) is 5.89. The van der Waals surface area contributed by atoms with Crippen LogP contribution in [0.2, 0.25) is 0 Å². The van der Waals surface area contributed by atoms with Gasteiger partial charge in [-0.3, -0.25) is 4.79 Å². The molecule has 0 bridgehead atoms. The van der Waals surface area contributed by atoms with Crippen molar-refractivity contribution in [3.8, 4) is 12.3 Å². The molecule has 3 nitrogen and oxygen atoms in total. The Bertz CT molecular complexity index is 641. The number of rotatable bonds is 4. The van der Waals surface area contributed by atoms with Gasteiger partial charge in [-0.15, -0.1) is 6.42 Å². The van der Waals surface area contributed by atoms with E-state index in [4.69, 9.17) is 12.2 Å². The number of benzene rings is 2. The number of amides is 1. The van der Waals surface area contributed by atoms with E-state index in [1.165, 1.54) is 0 Å². The molecule has 0 saturated heterocycles. The lowest BCUT2D eigenvalue weighted by molar-refractivity contribution is 0.0999. The van der Waals surface area contributed by atoms with Crippen molar-refractivity contribution in [2.45, 2.75) is 6.54 Å². The van der Waals surface area contributed by atoms with E-state index >= 15 is 0 Å². The van der Waals surface area contributed by atoms with Crippen molar-refractivity contribution in [3.05, 3.63) is 65.2 Å². The minimum atomic E-state index is -0.422. The molecule has 0 radical (unpaired) electrons. The summed E-state index contributed by atoms with van der Waals surface area (Å²) in [6, 6.07) is 14.8. The zero-order chi connectivity index (χ0) is 13.7. The maximum Gasteiger partial charge on any atom is 0.249 e. The van der Waals surface area contributed by atoms with E-state index in [0.29, 0.717) is 12.1 Å². The summed E-state index contributed by atoms with van der Waals surface area (Å²) in [6.07, 6.45) is 5.35. The number of nitrogens with two attached hydrogens (primary N) is 1. The molecule has 1 amide bonds. The monoisotopic (exact) mass is 250 g/mol. The highest BCUT2D eigenvalue weighted by Gasteiger charge is 2.06. The Morgan fingerprint density at radius 3 is 2.74 bits per heavy atom. The fourth-order valence-electron chi connectivity index (χ4n) is 1.83. The van der Waals surface area contributed by atoms with Gasteiger partial charge in [0, 0.05) is 23.4 Å². The predicted molar refractivity (Wildman–Crippen MR) is 76.7 cm³/mol. The lowest BCUT2D eigenvalue weighted by Gasteiger charge is -2.09. The van der Waals surface area contributed by atoms with Crippen molar-refractivity contribution in [2.24, 2.45) is 5.73 Å². The Kier molecular flexibility index (Phi) is 3.84. The van der Waals surface area contributed by atoms with Crippen molar-refractivity contribution in [2.75, 3.05) is 5.32 Å². The normalized spacial score (nSPS) is 9.63. The fraction of sp³-hybridized carbons (Fsp3) is 0.0625. The molecule has 19 heavy (non-hydrogen) atoms. The summed E-state index contributed by atoms with van der Waals surface area (Å²) in [7, 11) is 0. The molecule has 0 saturated carbocycles. The van der Waals surface area contributed by atoms with Crippen LogP contribution >= 0.6 is 0 Å². The first-order chi connectivity index (χ1) is 9.20. The Hall–Kier alpha value is -2.73. The van der Waals surface area contributed by atoms with E-state index in [2.05, 4.69) is 11.2 Å². The van der Waals surface area contributed by atoms with Gasteiger partial charge < -0.3 is 11.1 Å². The molecule has 3 N–H and O–H groups in total. The van der Waals surface area contributed by atoms with Crippen molar-refractivity contribution in [1.82, 2.24) is 0 Å². The highest BCUT2D eigenvalue weighted by atomic mass is 16.1. The average Bonchev–Trinajstić information content (AvgIpc) is 2.45. The number of hydrogen-bond acceptors (Lipinski definition) is 2. The topological polar surface area (TPSA) is 55.1 Å². The zero-order valence-corrected chi connectivity index (χ0v) is 10.4. The second kappa shape index (κ2) is 5.74. The Labute approximate surface area is 112 Å². The van der Waals surface area contributed by atoms with Crippen LogP contribution in [0.3, 0.4) is 0 Å². The smallest absolute Gasteiger partial charge is 0.249 e. The van der Waals surface area contributed by atoms with Crippen LogP contribution in [0.1, 0.15) is 21.5 Å². The lowest BCUT2D eigenvalue weighted by atomic mass is 10.1. The quantitative estimate of drug-likeness (QED) is 0.818. The van der Waals surface area contributed by atoms with Crippen LogP contribution in [0.5, 0.6) is 0 Å². The van der Waals surface area contributed by atoms with Gasteiger partial charge in [0.15, 0.2) is 0 Å². The fourth-order valence-corrected chi connectivity index (χ4v) is 1.83. The first kappa shape index (κ1) is 12.7. The molecule has 0 aliphatic rings. The number of hydrogen-bond donors (Lipinski definition) is 2. The summed E-state index contributed by atoms with van der Waals surface area (Å²) in [4.78, 5) is 11.3. The Morgan fingerprint density at radius 1 is 1.21 bits per heavy atom. The van der Waals surface area contributed by atoms with E-state index in [9.17, 15) is 4.79 Å². The number of carbonyl (C=O) groups excluding carboxylic acids is 1. The molecular formula is C16H14N2O. The highest BCUT2D eigenvalue weighted by Crippen LogP contribution is 2.13. The maximum atomic E-state index is 11.3. The molecule has 0 fully saturated rings. The highest BCUT2D eigenvalue weighted by molar-refractivity contribution is 5.94. The standard InChI is InChI=1S/C16H14N2O/c1-2-12-6-5-8-14(10-12)18-11-13-7-3-4-9-15(13)16(17)19/h1,3-10,18H,11H2,(H2,17,19). The Balaban J connectivity index is 2.15. The third-order valence-electron chi connectivity index (χ3n) is 2.80. The third kappa shape index (κ3) is 3.14. The van der Waals surface area contributed by atoms with Gasteiger partial charge in [-0.25, -0.2) is 0 Å². The van der Waals surface area contributed by atoms with Crippen LogP contribution in [-0.2, 0) is 6.54 Å². The van der Waals surface area contributed by atoms with Crippen molar-refractivity contribution >= 4 is 11.6 Å². The van der Waals surface area contributed by atoms with E-state index in [1.54, 1.807) is 12.1 Å². The molecule has 0 aliphatic carbocycles. The number of primary amides is 1. The van der Waals surface area contributed by atoms with Crippen molar-refractivity contribution in [1.29, 1.82) is 0 Å². The van der Waals surface area contributed by atoms with Gasteiger partial charge >= 0.3 is 0 Å². The SMILES string of the molecule is C#Cc1cccc(NCc2ccccc2C(N)=O)c1.